The molecule has 3 nitrogen and oxygen atoms in total. The Balaban J connectivity index is 1.93. The maximum absolute atomic E-state index is 3.69. The molecule has 0 aromatic carbocycles. The molecule has 1 N–H and O–H groups in total. The SMILES string of the molecule is CN(C)CCC1CNCC2CCCCC2N1C. The summed E-state index contributed by atoms with van der Waals surface area (Å²) < 4.78 is 0. The number of fused-ring (bicyclic) bond motifs is 1. The maximum Gasteiger partial charge on any atom is 0.0232 e. The van der Waals surface area contributed by atoms with Gasteiger partial charge in [-0.05, 0) is 59.4 Å². The average molecular weight is 239 g/mol. The van der Waals surface area contributed by atoms with Gasteiger partial charge in [0.05, 0.1) is 0 Å². The zero-order valence-electron chi connectivity index (χ0n) is 11.8. The van der Waals surface area contributed by atoms with Crippen molar-refractivity contribution in [2.45, 2.75) is 44.2 Å². The second-order valence-electron chi connectivity index (χ2n) is 6.18. The van der Waals surface area contributed by atoms with E-state index >= 15 is 0 Å². The highest BCUT2D eigenvalue weighted by Crippen LogP contribution is 2.30. The smallest absolute Gasteiger partial charge is 0.0232 e. The Hall–Kier alpha value is -0.120. The van der Waals surface area contributed by atoms with Crippen LogP contribution in [0.5, 0.6) is 0 Å². The molecular weight excluding hydrogens is 210 g/mol. The van der Waals surface area contributed by atoms with Crippen molar-refractivity contribution in [3.63, 3.8) is 0 Å². The molecule has 3 heteroatoms. The molecule has 0 spiro atoms. The Labute approximate surface area is 107 Å². The summed E-state index contributed by atoms with van der Waals surface area (Å²) in [5, 5.41) is 3.69. The summed E-state index contributed by atoms with van der Waals surface area (Å²) in [4.78, 5) is 4.99. The van der Waals surface area contributed by atoms with Gasteiger partial charge in [0, 0.05) is 18.6 Å². The summed E-state index contributed by atoms with van der Waals surface area (Å²) >= 11 is 0. The standard InChI is InChI=1S/C14H29N3/c1-16(2)9-8-13-11-15-10-12-6-4-5-7-14(12)17(13)3/h12-15H,4-11H2,1-3H3. The predicted octanol–water partition coefficient (Wildman–Crippen LogP) is 1.40. The summed E-state index contributed by atoms with van der Waals surface area (Å²) in [6.07, 6.45) is 7.02. The maximum atomic E-state index is 3.69. The quantitative estimate of drug-likeness (QED) is 0.803. The minimum atomic E-state index is 0.727. The second kappa shape index (κ2) is 6.17. The van der Waals surface area contributed by atoms with E-state index in [4.69, 9.17) is 0 Å². The van der Waals surface area contributed by atoms with E-state index < -0.39 is 0 Å². The van der Waals surface area contributed by atoms with Crippen LogP contribution >= 0.6 is 0 Å². The van der Waals surface area contributed by atoms with Crippen molar-refractivity contribution >= 4 is 0 Å². The highest BCUT2D eigenvalue weighted by Gasteiger charge is 2.33. The second-order valence-corrected chi connectivity index (χ2v) is 6.18. The first-order valence-corrected chi connectivity index (χ1v) is 7.26. The van der Waals surface area contributed by atoms with E-state index in [2.05, 4.69) is 36.3 Å². The van der Waals surface area contributed by atoms with Crippen molar-refractivity contribution < 1.29 is 0 Å². The lowest BCUT2D eigenvalue weighted by atomic mass is 9.83. The van der Waals surface area contributed by atoms with Crippen molar-refractivity contribution in [2.75, 3.05) is 40.8 Å². The average Bonchev–Trinajstić information content (AvgIpc) is 2.47. The molecule has 3 unspecified atom stereocenters. The molecule has 0 amide bonds. The molecule has 2 aliphatic rings. The van der Waals surface area contributed by atoms with E-state index in [0.717, 1.165) is 18.0 Å². The predicted molar refractivity (Wildman–Crippen MR) is 73.3 cm³/mol. The zero-order valence-corrected chi connectivity index (χ0v) is 11.8. The summed E-state index contributed by atoms with van der Waals surface area (Å²) in [6.45, 7) is 3.62. The molecule has 17 heavy (non-hydrogen) atoms. The van der Waals surface area contributed by atoms with E-state index in [0.29, 0.717) is 0 Å². The van der Waals surface area contributed by atoms with Crippen molar-refractivity contribution in [3.05, 3.63) is 0 Å². The van der Waals surface area contributed by atoms with Gasteiger partial charge in [-0.2, -0.15) is 0 Å². The summed E-state index contributed by atoms with van der Waals surface area (Å²) in [6, 6.07) is 1.57. The number of nitrogens with one attached hydrogen (secondary N) is 1. The number of nitrogens with zero attached hydrogens (tertiary/aromatic N) is 2. The fourth-order valence-electron chi connectivity index (χ4n) is 3.53. The lowest BCUT2D eigenvalue weighted by Crippen LogP contribution is -2.46. The van der Waals surface area contributed by atoms with Crippen molar-refractivity contribution in [1.82, 2.24) is 15.1 Å². The molecule has 100 valence electrons. The molecule has 0 aromatic rings. The van der Waals surface area contributed by atoms with Gasteiger partial charge in [-0.1, -0.05) is 12.8 Å². The lowest BCUT2D eigenvalue weighted by Gasteiger charge is -2.39. The highest BCUT2D eigenvalue weighted by atomic mass is 15.2. The fourth-order valence-corrected chi connectivity index (χ4v) is 3.53. The van der Waals surface area contributed by atoms with Crippen molar-refractivity contribution in [1.29, 1.82) is 0 Å². The molecule has 1 aliphatic heterocycles. The highest BCUT2D eigenvalue weighted by molar-refractivity contribution is 4.90. The number of rotatable bonds is 3. The van der Waals surface area contributed by atoms with Crippen LogP contribution in [0.1, 0.15) is 32.1 Å². The van der Waals surface area contributed by atoms with E-state index in [1.165, 1.54) is 51.7 Å². The first kappa shape index (κ1) is 13.3. The third-order valence-corrected chi connectivity index (χ3v) is 4.66. The van der Waals surface area contributed by atoms with Gasteiger partial charge >= 0.3 is 0 Å². The molecular formula is C14H29N3. The largest absolute Gasteiger partial charge is 0.315 e. The molecule has 1 heterocycles. The van der Waals surface area contributed by atoms with E-state index in [1.807, 2.05) is 0 Å². The van der Waals surface area contributed by atoms with Gasteiger partial charge in [0.2, 0.25) is 0 Å². The van der Waals surface area contributed by atoms with Crippen LogP contribution in [0.2, 0.25) is 0 Å². The van der Waals surface area contributed by atoms with Crippen LogP contribution in [0.15, 0.2) is 0 Å². The van der Waals surface area contributed by atoms with E-state index in [-0.39, 0.29) is 0 Å². The Morgan fingerprint density at radius 2 is 1.94 bits per heavy atom. The monoisotopic (exact) mass is 239 g/mol. The van der Waals surface area contributed by atoms with Gasteiger partial charge < -0.3 is 10.2 Å². The van der Waals surface area contributed by atoms with Gasteiger partial charge in [-0.25, -0.2) is 0 Å². The summed E-state index contributed by atoms with van der Waals surface area (Å²) in [5.41, 5.74) is 0. The minimum absolute atomic E-state index is 0.727. The first-order chi connectivity index (χ1) is 8.18. The first-order valence-electron chi connectivity index (χ1n) is 7.26. The van der Waals surface area contributed by atoms with Gasteiger partial charge in [0.1, 0.15) is 0 Å². The van der Waals surface area contributed by atoms with Crippen LogP contribution in [-0.2, 0) is 0 Å². The van der Waals surface area contributed by atoms with E-state index in [9.17, 15) is 0 Å². The Kier molecular flexibility index (Phi) is 4.83. The van der Waals surface area contributed by atoms with Crippen LogP contribution in [0, 0.1) is 5.92 Å². The summed E-state index contributed by atoms with van der Waals surface area (Å²) in [5.74, 6) is 0.901. The van der Waals surface area contributed by atoms with Gasteiger partial charge in [-0.3, -0.25) is 4.90 Å². The molecule has 0 bridgehead atoms. The molecule has 2 fully saturated rings. The molecule has 0 radical (unpaired) electrons. The molecule has 1 saturated carbocycles. The normalized spacial score (nSPS) is 35.6. The molecule has 2 rings (SSSR count). The van der Waals surface area contributed by atoms with Gasteiger partial charge in [-0.15, -0.1) is 0 Å². The minimum Gasteiger partial charge on any atom is -0.315 e. The van der Waals surface area contributed by atoms with Crippen LogP contribution < -0.4 is 5.32 Å². The fraction of sp³-hybridized carbons (Fsp3) is 1.00. The third kappa shape index (κ3) is 3.43. The molecule has 1 saturated heterocycles. The van der Waals surface area contributed by atoms with Crippen LogP contribution in [0.4, 0.5) is 0 Å². The molecule has 0 aromatic heterocycles. The number of hydrogen-bond donors (Lipinski definition) is 1. The van der Waals surface area contributed by atoms with Crippen molar-refractivity contribution in [3.8, 4) is 0 Å². The Morgan fingerprint density at radius 1 is 1.18 bits per heavy atom. The van der Waals surface area contributed by atoms with Gasteiger partial charge in [0.25, 0.3) is 0 Å². The third-order valence-electron chi connectivity index (χ3n) is 4.66. The Bertz CT molecular complexity index is 230. The zero-order chi connectivity index (χ0) is 12.3. The molecule has 1 aliphatic carbocycles. The number of likely N-dealkylation sites (N-methyl/N-ethyl adjacent to an activating group) is 1. The number of hydrogen-bond acceptors (Lipinski definition) is 3. The molecule has 3 atom stereocenters. The Morgan fingerprint density at radius 3 is 2.71 bits per heavy atom. The van der Waals surface area contributed by atoms with Crippen LogP contribution in [0.3, 0.4) is 0 Å². The topological polar surface area (TPSA) is 18.5 Å². The van der Waals surface area contributed by atoms with Crippen LogP contribution in [-0.4, -0.2) is 62.7 Å². The van der Waals surface area contributed by atoms with Gasteiger partial charge in [0.15, 0.2) is 0 Å². The summed E-state index contributed by atoms with van der Waals surface area (Å²) in [7, 11) is 6.71. The van der Waals surface area contributed by atoms with E-state index in [1.54, 1.807) is 0 Å². The van der Waals surface area contributed by atoms with Crippen LogP contribution in [0.25, 0.3) is 0 Å². The lowest BCUT2D eigenvalue weighted by molar-refractivity contribution is 0.104. The van der Waals surface area contributed by atoms with Crippen molar-refractivity contribution in [2.24, 2.45) is 5.92 Å².